The summed E-state index contributed by atoms with van der Waals surface area (Å²) in [6.45, 7) is 7.67. The number of hydrogen-bond acceptors (Lipinski definition) is 10. The monoisotopic (exact) mass is 740 g/mol. The summed E-state index contributed by atoms with van der Waals surface area (Å²) in [5.41, 5.74) is 1.49. The molecule has 43 heavy (non-hydrogen) atoms. The number of ether oxygens (including phenoxy) is 5. The predicted molar refractivity (Wildman–Crippen MR) is 171 cm³/mol. The minimum absolute atomic E-state index is 0.144. The van der Waals surface area contributed by atoms with Crippen molar-refractivity contribution in [2.75, 3.05) is 33.5 Å². The summed E-state index contributed by atoms with van der Waals surface area (Å²) in [6, 6.07) is 7.66. The van der Waals surface area contributed by atoms with Crippen LogP contribution >= 0.6 is 45.5 Å². The Morgan fingerprint density at radius 3 is 2.49 bits per heavy atom. The lowest BCUT2D eigenvalue weighted by atomic mass is 9.95. The summed E-state index contributed by atoms with van der Waals surface area (Å²) < 4.78 is 30.0. The molecule has 228 valence electrons. The van der Waals surface area contributed by atoms with Crippen molar-refractivity contribution in [3.63, 3.8) is 0 Å². The summed E-state index contributed by atoms with van der Waals surface area (Å²) in [6.07, 6.45) is 1.72. The first kappa shape index (κ1) is 32.6. The van der Waals surface area contributed by atoms with Crippen LogP contribution in [0.1, 0.15) is 44.9 Å². The van der Waals surface area contributed by atoms with Gasteiger partial charge in [0.15, 0.2) is 22.9 Å². The molecule has 1 aliphatic heterocycles. The Balaban J connectivity index is 1.94. The standard InChI is InChI=1S/C30H30ClIN2O8S/c1-6-39-22-12-17(9-10-21(22)42-15-24(35)38-5)26-25(29(37)41-8-3)16(4)33-30-34(26)28(36)23(43-30)13-18-11-19(31)14-20(32)27(18)40-7-2/h9-14,26H,6-8,15H2,1-5H3/b23-13+/t26-/m0/s1. The minimum Gasteiger partial charge on any atom is -0.492 e. The van der Waals surface area contributed by atoms with Crippen LogP contribution in [-0.4, -0.2) is 50.0 Å². The third-order valence-corrected chi connectivity index (χ3v) is 8.29. The van der Waals surface area contributed by atoms with E-state index in [0.717, 1.165) is 3.57 Å². The molecule has 3 aromatic rings. The minimum atomic E-state index is -0.878. The van der Waals surface area contributed by atoms with Crippen molar-refractivity contribution in [1.82, 2.24) is 4.57 Å². The second kappa shape index (κ2) is 14.4. The van der Waals surface area contributed by atoms with E-state index in [1.807, 2.05) is 13.8 Å². The molecule has 0 saturated heterocycles. The van der Waals surface area contributed by atoms with Crippen molar-refractivity contribution in [2.45, 2.75) is 33.7 Å². The average molecular weight is 741 g/mol. The van der Waals surface area contributed by atoms with Crippen LogP contribution in [0, 0.1) is 3.57 Å². The van der Waals surface area contributed by atoms with E-state index in [-0.39, 0.29) is 24.3 Å². The highest BCUT2D eigenvalue weighted by atomic mass is 127. The van der Waals surface area contributed by atoms with E-state index in [1.165, 1.54) is 23.0 Å². The third-order valence-electron chi connectivity index (χ3n) is 6.29. The molecule has 1 aliphatic rings. The molecule has 2 aromatic carbocycles. The zero-order valence-electron chi connectivity index (χ0n) is 24.2. The molecule has 1 aromatic heterocycles. The molecule has 0 aliphatic carbocycles. The van der Waals surface area contributed by atoms with Crippen molar-refractivity contribution >= 4 is 63.5 Å². The van der Waals surface area contributed by atoms with Gasteiger partial charge in [0, 0.05) is 10.6 Å². The first-order valence-electron chi connectivity index (χ1n) is 13.4. The highest BCUT2D eigenvalue weighted by molar-refractivity contribution is 14.1. The Kier molecular flexibility index (Phi) is 10.9. The maximum atomic E-state index is 14.1. The Bertz CT molecular complexity index is 1760. The number of benzene rings is 2. The largest absolute Gasteiger partial charge is 0.492 e. The van der Waals surface area contributed by atoms with E-state index in [9.17, 15) is 14.4 Å². The molecule has 0 saturated carbocycles. The second-order valence-electron chi connectivity index (χ2n) is 9.05. The first-order valence-corrected chi connectivity index (χ1v) is 15.7. The van der Waals surface area contributed by atoms with Crippen molar-refractivity contribution in [2.24, 2.45) is 4.99 Å². The van der Waals surface area contributed by atoms with E-state index in [1.54, 1.807) is 50.3 Å². The van der Waals surface area contributed by atoms with Crippen molar-refractivity contribution in [1.29, 1.82) is 0 Å². The number of esters is 2. The molecule has 0 N–H and O–H groups in total. The van der Waals surface area contributed by atoms with Crippen LogP contribution in [0.15, 0.2) is 51.4 Å². The molecule has 2 heterocycles. The Morgan fingerprint density at radius 1 is 1.07 bits per heavy atom. The summed E-state index contributed by atoms with van der Waals surface area (Å²) in [5, 5.41) is 0.503. The number of nitrogens with zero attached hydrogens (tertiary/aromatic N) is 2. The van der Waals surface area contributed by atoms with Crippen LogP contribution in [0.25, 0.3) is 6.08 Å². The lowest BCUT2D eigenvalue weighted by Gasteiger charge is -2.25. The van der Waals surface area contributed by atoms with Gasteiger partial charge in [-0.15, -0.1) is 0 Å². The van der Waals surface area contributed by atoms with Gasteiger partial charge in [-0.3, -0.25) is 9.36 Å². The van der Waals surface area contributed by atoms with Gasteiger partial charge in [-0.1, -0.05) is 29.0 Å². The van der Waals surface area contributed by atoms with Gasteiger partial charge in [0.05, 0.1) is 52.3 Å². The maximum absolute atomic E-state index is 14.1. The van der Waals surface area contributed by atoms with Crippen LogP contribution < -0.4 is 29.1 Å². The zero-order chi connectivity index (χ0) is 31.3. The van der Waals surface area contributed by atoms with Crippen LogP contribution in [0.3, 0.4) is 0 Å². The number of halogens is 2. The number of hydrogen-bond donors (Lipinski definition) is 0. The van der Waals surface area contributed by atoms with E-state index in [0.29, 0.717) is 61.6 Å². The maximum Gasteiger partial charge on any atom is 0.343 e. The van der Waals surface area contributed by atoms with Gasteiger partial charge < -0.3 is 23.7 Å². The average Bonchev–Trinajstić information content (AvgIpc) is 3.27. The fourth-order valence-corrected chi connectivity index (χ4v) is 6.76. The zero-order valence-corrected chi connectivity index (χ0v) is 27.9. The Morgan fingerprint density at radius 2 is 1.81 bits per heavy atom. The molecule has 0 spiro atoms. The van der Waals surface area contributed by atoms with Crippen molar-refractivity contribution < 1.29 is 33.3 Å². The summed E-state index contributed by atoms with van der Waals surface area (Å²) in [4.78, 5) is 44.1. The van der Waals surface area contributed by atoms with E-state index >= 15 is 0 Å². The molecule has 0 bridgehead atoms. The van der Waals surface area contributed by atoms with Gasteiger partial charge in [0.2, 0.25) is 0 Å². The third kappa shape index (κ3) is 7.07. The fraction of sp³-hybridized carbons (Fsp3) is 0.333. The van der Waals surface area contributed by atoms with E-state index in [4.69, 9.17) is 30.5 Å². The van der Waals surface area contributed by atoms with Gasteiger partial charge in [-0.2, -0.15) is 0 Å². The van der Waals surface area contributed by atoms with Crippen LogP contribution in [0.5, 0.6) is 17.2 Å². The molecular weight excluding hydrogens is 711 g/mol. The van der Waals surface area contributed by atoms with Crippen molar-refractivity contribution in [3.05, 3.63) is 81.0 Å². The Labute approximate surface area is 270 Å². The number of fused-ring (bicyclic) bond motifs is 1. The molecule has 0 unspecified atom stereocenters. The number of allylic oxidation sites excluding steroid dienone is 1. The molecule has 0 amide bonds. The first-order chi connectivity index (χ1) is 20.6. The van der Waals surface area contributed by atoms with Gasteiger partial charge in [-0.25, -0.2) is 14.6 Å². The number of methoxy groups -OCH3 is 1. The molecule has 4 rings (SSSR count). The smallest absolute Gasteiger partial charge is 0.343 e. The highest BCUT2D eigenvalue weighted by Crippen LogP contribution is 2.36. The number of carbonyl (C=O) groups is 2. The quantitative estimate of drug-likeness (QED) is 0.210. The number of rotatable bonds is 11. The predicted octanol–water partition coefficient (Wildman–Crippen LogP) is 4.41. The van der Waals surface area contributed by atoms with Gasteiger partial charge >= 0.3 is 11.9 Å². The molecular formula is C30H30ClIN2O8S. The normalized spacial score (nSPS) is 14.6. The summed E-state index contributed by atoms with van der Waals surface area (Å²) in [5.74, 6) is 0.112. The highest BCUT2D eigenvalue weighted by Gasteiger charge is 2.34. The molecule has 0 radical (unpaired) electrons. The van der Waals surface area contributed by atoms with Crippen LogP contribution in [-0.2, 0) is 19.1 Å². The molecule has 1 atom stereocenters. The SMILES string of the molecule is CCOC(=O)C1=C(C)N=c2s/c(=C/c3cc(Cl)cc(I)c3OCC)c(=O)n2[C@H]1c1ccc(OCC(=O)OC)c(OCC)c1. The number of carbonyl (C=O) groups excluding carboxylic acids is 2. The van der Waals surface area contributed by atoms with Crippen LogP contribution in [0.4, 0.5) is 0 Å². The molecule has 10 nitrogen and oxygen atoms in total. The summed E-state index contributed by atoms with van der Waals surface area (Å²) in [7, 11) is 1.27. The van der Waals surface area contributed by atoms with Gasteiger partial charge in [-0.05, 0) is 86.2 Å². The lowest BCUT2D eigenvalue weighted by Crippen LogP contribution is -2.40. The van der Waals surface area contributed by atoms with Gasteiger partial charge in [0.25, 0.3) is 5.56 Å². The lowest BCUT2D eigenvalue weighted by molar-refractivity contribution is -0.143. The number of thiazole rings is 1. The summed E-state index contributed by atoms with van der Waals surface area (Å²) >= 11 is 9.69. The van der Waals surface area contributed by atoms with Gasteiger partial charge in [0.1, 0.15) is 5.75 Å². The molecule has 0 fully saturated rings. The fourth-order valence-electron chi connectivity index (χ4n) is 4.51. The van der Waals surface area contributed by atoms with E-state index < -0.39 is 18.0 Å². The second-order valence-corrected chi connectivity index (χ2v) is 11.7. The van der Waals surface area contributed by atoms with Crippen LogP contribution in [0.2, 0.25) is 5.02 Å². The van der Waals surface area contributed by atoms with E-state index in [2.05, 4.69) is 32.3 Å². The van der Waals surface area contributed by atoms with Crippen molar-refractivity contribution in [3.8, 4) is 17.2 Å². The molecule has 13 heteroatoms. The topological polar surface area (TPSA) is 115 Å². The number of aromatic nitrogens is 1. The Hall–Kier alpha value is -3.36.